The molecular formula is C13H13N3O4. The summed E-state index contributed by atoms with van der Waals surface area (Å²) in [6.07, 6.45) is 1.17. The monoisotopic (exact) mass is 275 g/mol. The molecule has 0 saturated carbocycles. The van der Waals surface area contributed by atoms with Gasteiger partial charge in [0.15, 0.2) is 0 Å². The number of aromatic nitrogens is 2. The number of carbonyl (C=O) groups is 1. The Labute approximate surface area is 114 Å². The smallest absolute Gasteiger partial charge is 0.274 e. The molecule has 0 aliphatic heterocycles. The van der Waals surface area contributed by atoms with Crippen molar-refractivity contribution in [3.8, 4) is 11.5 Å². The highest BCUT2D eigenvalue weighted by Crippen LogP contribution is 2.29. The van der Waals surface area contributed by atoms with E-state index in [0.29, 0.717) is 17.2 Å². The third kappa shape index (κ3) is 2.94. The topological polar surface area (TPSA) is 93.3 Å². The summed E-state index contributed by atoms with van der Waals surface area (Å²) in [6, 6.07) is 6.08. The Kier molecular flexibility index (Phi) is 3.99. The van der Waals surface area contributed by atoms with Crippen LogP contribution in [0.1, 0.15) is 10.5 Å². The van der Waals surface area contributed by atoms with Crippen LogP contribution in [0.2, 0.25) is 0 Å². The van der Waals surface area contributed by atoms with Crippen molar-refractivity contribution < 1.29 is 14.3 Å². The molecule has 0 aliphatic rings. The van der Waals surface area contributed by atoms with E-state index in [1.165, 1.54) is 20.5 Å². The number of nitrogens with one attached hydrogen (secondary N) is 2. The number of H-pyrrole nitrogens is 1. The fourth-order valence-electron chi connectivity index (χ4n) is 1.58. The van der Waals surface area contributed by atoms with Crippen LogP contribution in [-0.2, 0) is 0 Å². The lowest BCUT2D eigenvalue weighted by molar-refractivity contribution is 0.102. The lowest BCUT2D eigenvalue weighted by atomic mass is 10.2. The summed E-state index contributed by atoms with van der Waals surface area (Å²) in [5.41, 5.74) is 0.0823. The number of methoxy groups -OCH3 is 2. The van der Waals surface area contributed by atoms with Crippen molar-refractivity contribution in [2.75, 3.05) is 19.5 Å². The lowest BCUT2D eigenvalue weighted by Crippen LogP contribution is -2.18. The molecule has 0 unspecified atom stereocenters. The summed E-state index contributed by atoms with van der Waals surface area (Å²) in [5.74, 6) is 0.552. The highest BCUT2D eigenvalue weighted by molar-refractivity contribution is 6.03. The van der Waals surface area contributed by atoms with Gasteiger partial charge in [0, 0.05) is 12.1 Å². The third-order valence-electron chi connectivity index (χ3n) is 2.57. The maximum Gasteiger partial charge on any atom is 0.274 e. The number of hydrogen-bond donors (Lipinski definition) is 2. The second-order valence-corrected chi connectivity index (χ2v) is 3.82. The molecule has 0 fully saturated rings. The van der Waals surface area contributed by atoms with Gasteiger partial charge in [-0.2, -0.15) is 0 Å². The first kappa shape index (κ1) is 13.6. The SMILES string of the molecule is COc1ccc(NC(=O)c2cc(=O)[nH]cn2)c(OC)c1. The van der Waals surface area contributed by atoms with Crippen LogP contribution >= 0.6 is 0 Å². The van der Waals surface area contributed by atoms with Crippen LogP contribution in [0.15, 0.2) is 35.4 Å². The van der Waals surface area contributed by atoms with Crippen LogP contribution < -0.4 is 20.3 Å². The van der Waals surface area contributed by atoms with Crippen molar-refractivity contribution in [2.24, 2.45) is 0 Å². The van der Waals surface area contributed by atoms with E-state index in [0.717, 1.165) is 6.07 Å². The van der Waals surface area contributed by atoms with Crippen LogP contribution in [0.4, 0.5) is 5.69 Å². The van der Waals surface area contributed by atoms with E-state index in [-0.39, 0.29) is 5.69 Å². The fourth-order valence-corrected chi connectivity index (χ4v) is 1.58. The predicted octanol–water partition coefficient (Wildman–Crippen LogP) is 1.04. The number of rotatable bonds is 4. The second kappa shape index (κ2) is 5.87. The number of hydrogen-bond acceptors (Lipinski definition) is 5. The molecule has 7 heteroatoms. The number of amides is 1. The molecule has 0 radical (unpaired) electrons. The van der Waals surface area contributed by atoms with Crippen molar-refractivity contribution in [1.29, 1.82) is 0 Å². The van der Waals surface area contributed by atoms with Gasteiger partial charge in [0.05, 0.1) is 26.2 Å². The van der Waals surface area contributed by atoms with Gasteiger partial charge in [0.2, 0.25) is 0 Å². The van der Waals surface area contributed by atoms with Gasteiger partial charge in [-0.15, -0.1) is 0 Å². The molecular weight excluding hydrogens is 262 g/mol. The van der Waals surface area contributed by atoms with Gasteiger partial charge in [-0.25, -0.2) is 4.98 Å². The first-order valence-corrected chi connectivity index (χ1v) is 5.72. The Morgan fingerprint density at radius 3 is 2.70 bits per heavy atom. The molecule has 2 rings (SSSR count). The molecule has 0 atom stereocenters. The van der Waals surface area contributed by atoms with Crippen LogP contribution in [-0.4, -0.2) is 30.1 Å². The maximum atomic E-state index is 12.0. The van der Waals surface area contributed by atoms with Crippen LogP contribution in [0.3, 0.4) is 0 Å². The molecule has 2 aromatic rings. The van der Waals surface area contributed by atoms with Gasteiger partial charge in [-0.1, -0.05) is 0 Å². The minimum atomic E-state index is -0.500. The average molecular weight is 275 g/mol. The van der Waals surface area contributed by atoms with E-state index in [2.05, 4.69) is 15.3 Å². The number of benzene rings is 1. The van der Waals surface area contributed by atoms with Crippen molar-refractivity contribution in [2.45, 2.75) is 0 Å². The molecule has 1 heterocycles. The minimum Gasteiger partial charge on any atom is -0.497 e. The summed E-state index contributed by atoms with van der Waals surface area (Å²) in [5, 5.41) is 2.62. The molecule has 2 N–H and O–H groups in total. The molecule has 0 spiro atoms. The summed E-state index contributed by atoms with van der Waals surface area (Å²) in [4.78, 5) is 29.2. The maximum absolute atomic E-state index is 12.0. The number of carbonyl (C=O) groups excluding carboxylic acids is 1. The van der Waals surface area contributed by atoms with Crippen LogP contribution in [0, 0.1) is 0 Å². The zero-order chi connectivity index (χ0) is 14.5. The largest absolute Gasteiger partial charge is 0.497 e. The quantitative estimate of drug-likeness (QED) is 0.869. The summed E-state index contributed by atoms with van der Waals surface area (Å²) >= 11 is 0. The second-order valence-electron chi connectivity index (χ2n) is 3.82. The van der Waals surface area contributed by atoms with E-state index < -0.39 is 11.5 Å². The number of ether oxygens (including phenoxy) is 2. The van der Waals surface area contributed by atoms with E-state index in [1.807, 2.05) is 0 Å². The Balaban J connectivity index is 2.25. The predicted molar refractivity (Wildman–Crippen MR) is 72.4 cm³/mol. The van der Waals surface area contributed by atoms with Gasteiger partial charge < -0.3 is 19.8 Å². The van der Waals surface area contributed by atoms with E-state index in [9.17, 15) is 9.59 Å². The van der Waals surface area contributed by atoms with Crippen LogP contribution in [0.5, 0.6) is 11.5 Å². The van der Waals surface area contributed by atoms with Gasteiger partial charge in [-0.3, -0.25) is 9.59 Å². The fraction of sp³-hybridized carbons (Fsp3) is 0.154. The van der Waals surface area contributed by atoms with Gasteiger partial charge in [0.1, 0.15) is 17.2 Å². The van der Waals surface area contributed by atoms with Gasteiger partial charge in [-0.05, 0) is 12.1 Å². The molecule has 1 aromatic carbocycles. The van der Waals surface area contributed by atoms with Crippen molar-refractivity contribution in [3.05, 3.63) is 46.6 Å². The average Bonchev–Trinajstić information content (AvgIpc) is 2.47. The van der Waals surface area contributed by atoms with Crippen molar-refractivity contribution in [3.63, 3.8) is 0 Å². The van der Waals surface area contributed by atoms with E-state index in [1.54, 1.807) is 18.2 Å². The summed E-state index contributed by atoms with van der Waals surface area (Å²) < 4.78 is 10.2. The number of nitrogens with zero attached hydrogens (tertiary/aromatic N) is 1. The van der Waals surface area contributed by atoms with Gasteiger partial charge >= 0.3 is 0 Å². The highest BCUT2D eigenvalue weighted by atomic mass is 16.5. The zero-order valence-corrected chi connectivity index (χ0v) is 11.0. The summed E-state index contributed by atoms with van der Waals surface area (Å²) in [6.45, 7) is 0. The molecule has 7 nitrogen and oxygen atoms in total. The standard InChI is InChI=1S/C13H13N3O4/c1-19-8-3-4-9(11(5-8)20-2)16-13(18)10-6-12(17)15-7-14-10/h3-7H,1-2H3,(H,16,18)(H,14,15,17). The Hall–Kier alpha value is -2.83. The minimum absolute atomic E-state index is 0.0200. The molecule has 0 bridgehead atoms. The molecule has 104 valence electrons. The first-order valence-electron chi connectivity index (χ1n) is 5.72. The van der Waals surface area contributed by atoms with Crippen molar-refractivity contribution >= 4 is 11.6 Å². The van der Waals surface area contributed by atoms with Crippen LogP contribution in [0.25, 0.3) is 0 Å². The summed E-state index contributed by atoms with van der Waals surface area (Å²) in [7, 11) is 3.02. The molecule has 1 aromatic heterocycles. The first-order chi connectivity index (χ1) is 9.63. The number of aromatic amines is 1. The normalized spacial score (nSPS) is 9.90. The van der Waals surface area contributed by atoms with Gasteiger partial charge in [0.25, 0.3) is 11.5 Å². The Morgan fingerprint density at radius 2 is 2.05 bits per heavy atom. The zero-order valence-electron chi connectivity index (χ0n) is 11.0. The molecule has 1 amide bonds. The molecule has 20 heavy (non-hydrogen) atoms. The lowest BCUT2D eigenvalue weighted by Gasteiger charge is -2.11. The third-order valence-corrected chi connectivity index (χ3v) is 2.57. The van der Waals surface area contributed by atoms with E-state index >= 15 is 0 Å². The van der Waals surface area contributed by atoms with E-state index in [4.69, 9.17) is 9.47 Å². The Morgan fingerprint density at radius 1 is 1.25 bits per heavy atom. The highest BCUT2D eigenvalue weighted by Gasteiger charge is 2.12. The Bertz CT molecular complexity index is 681. The molecule has 0 aliphatic carbocycles. The molecule has 0 saturated heterocycles. The number of anilines is 1. The van der Waals surface area contributed by atoms with Crippen molar-refractivity contribution in [1.82, 2.24) is 9.97 Å².